The first kappa shape index (κ1) is 16.7. The summed E-state index contributed by atoms with van der Waals surface area (Å²) in [5.74, 6) is 0.464. The molecule has 1 aliphatic carbocycles. The Balaban J connectivity index is 1.87. The molecule has 0 aromatic heterocycles. The summed E-state index contributed by atoms with van der Waals surface area (Å²) in [4.78, 5) is 14.5. The number of likely N-dealkylation sites (tertiary alicyclic amines) is 1. The molecule has 2 aliphatic rings. The highest BCUT2D eigenvalue weighted by Crippen LogP contribution is 2.26. The van der Waals surface area contributed by atoms with Crippen molar-refractivity contribution < 1.29 is 14.3 Å². The van der Waals surface area contributed by atoms with Crippen molar-refractivity contribution in [1.82, 2.24) is 10.2 Å². The zero-order valence-electron chi connectivity index (χ0n) is 13.9. The van der Waals surface area contributed by atoms with Gasteiger partial charge in [-0.1, -0.05) is 6.92 Å². The Morgan fingerprint density at radius 3 is 2.62 bits per heavy atom. The first-order chi connectivity index (χ1) is 9.98. The number of carbonyl (C=O) groups excluding carboxylic acids is 1. The number of nitrogens with zero attached hydrogens (tertiary/aromatic N) is 1. The van der Waals surface area contributed by atoms with Crippen LogP contribution in [0, 0.1) is 5.92 Å². The lowest BCUT2D eigenvalue weighted by atomic mass is 9.93. The Morgan fingerprint density at radius 2 is 2.05 bits per heavy atom. The molecule has 0 aromatic rings. The molecule has 0 amide bonds. The van der Waals surface area contributed by atoms with E-state index in [2.05, 4.69) is 17.1 Å². The van der Waals surface area contributed by atoms with Gasteiger partial charge in [0.05, 0.1) is 13.2 Å². The standard InChI is InChI=1S/C16H30N2O3/c1-12-7-9-18(11-14(12)20-3)10-8-16(2,15(19)21-4)17-13-5-6-13/h12-14,17H,5-11H2,1-4H3. The third kappa shape index (κ3) is 4.41. The van der Waals surface area contributed by atoms with Crippen LogP contribution in [0.4, 0.5) is 0 Å². The van der Waals surface area contributed by atoms with Crippen LogP contribution < -0.4 is 5.32 Å². The van der Waals surface area contributed by atoms with Crippen molar-refractivity contribution >= 4 is 5.97 Å². The average Bonchev–Trinajstić information content (AvgIpc) is 3.29. The lowest BCUT2D eigenvalue weighted by Gasteiger charge is -2.38. The topological polar surface area (TPSA) is 50.8 Å². The van der Waals surface area contributed by atoms with Gasteiger partial charge in [0.25, 0.3) is 0 Å². The fourth-order valence-corrected chi connectivity index (χ4v) is 3.13. The highest BCUT2D eigenvalue weighted by molar-refractivity contribution is 5.80. The van der Waals surface area contributed by atoms with Crippen molar-refractivity contribution in [2.24, 2.45) is 5.92 Å². The maximum absolute atomic E-state index is 12.1. The smallest absolute Gasteiger partial charge is 0.325 e. The van der Waals surface area contributed by atoms with Gasteiger partial charge in [0.15, 0.2) is 0 Å². The van der Waals surface area contributed by atoms with E-state index in [1.807, 2.05) is 6.92 Å². The summed E-state index contributed by atoms with van der Waals surface area (Å²) < 4.78 is 10.6. The van der Waals surface area contributed by atoms with Crippen LogP contribution in [0.5, 0.6) is 0 Å². The summed E-state index contributed by atoms with van der Waals surface area (Å²) in [6, 6.07) is 0.488. The first-order valence-corrected chi connectivity index (χ1v) is 8.10. The van der Waals surface area contributed by atoms with Crippen molar-refractivity contribution in [3.05, 3.63) is 0 Å². The van der Waals surface area contributed by atoms with Crippen molar-refractivity contribution in [2.45, 2.75) is 57.2 Å². The highest BCUT2D eigenvalue weighted by Gasteiger charge is 2.39. The molecule has 3 atom stereocenters. The van der Waals surface area contributed by atoms with E-state index in [1.165, 1.54) is 20.0 Å². The minimum Gasteiger partial charge on any atom is -0.468 e. The zero-order chi connectivity index (χ0) is 15.5. The predicted molar refractivity (Wildman–Crippen MR) is 82.2 cm³/mol. The summed E-state index contributed by atoms with van der Waals surface area (Å²) in [6.45, 7) is 7.16. The third-order valence-electron chi connectivity index (χ3n) is 4.94. The van der Waals surface area contributed by atoms with E-state index in [0.717, 1.165) is 32.5 Å². The van der Waals surface area contributed by atoms with Gasteiger partial charge >= 0.3 is 5.97 Å². The summed E-state index contributed by atoms with van der Waals surface area (Å²) in [5.41, 5.74) is -0.568. The monoisotopic (exact) mass is 298 g/mol. The quantitative estimate of drug-likeness (QED) is 0.720. The molecule has 0 spiro atoms. The van der Waals surface area contributed by atoms with Gasteiger partial charge in [-0.3, -0.25) is 10.1 Å². The zero-order valence-corrected chi connectivity index (χ0v) is 13.9. The van der Waals surface area contributed by atoms with E-state index in [4.69, 9.17) is 9.47 Å². The van der Waals surface area contributed by atoms with Gasteiger partial charge < -0.3 is 14.4 Å². The van der Waals surface area contributed by atoms with Crippen molar-refractivity contribution in [2.75, 3.05) is 33.9 Å². The largest absolute Gasteiger partial charge is 0.468 e. The van der Waals surface area contributed by atoms with Gasteiger partial charge in [0.1, 0.15) is 5.54 Å². The molecule has 3 unspecified atom stereocenters. The molecule has 5 heteroatoms. The third-order valence-corrected chi connectivity index (χ3v) is 4.94. The molecule has 2 fully saturated rings. The maximum atomic E-state index is 12.1. The average molecular weight is 298 g/mol. The number of hydrogen-bond acceptors (Lipinski definition) is 5. The molecule has 5 nitrogen and oxygen atoms in total. The van der Waals surface area contributed by atoms with Crippen molar-refractivity contribution in [3.8, 4) is 0 Å². The Kier molecular flexibility index (Phi) is 5.63. The predicted octanol–water partition coefficient (Wildman–Crippen LogP) is 1.42. The number of piperidine rings is 1. The SMILES string of the molecule is COC(=O)C(C)(CCN1CCC(C)C(OC)C1)NC1CC1. The van der Waals surface area contributed by atoms with Gasteiger partial charge in [-0.05, 0) is 45.1 Å². The number of esters is 1. The molecule has 1 N–H and O–H groups in total. The van der Waals surface area contributed by atoms with E-state index in [9.17, 15) is 4.79 Å². The van der Waals surface area contributed by atoms with Crippen LogP contribution >= 0.6 is 0 Å². The molecule has 0 aromatic carbocycles. The second kappa shape index (κ2) is 7.07. The van der Waals surface area contributed by atoms with E-state index < -0.39 is 5.54 Å². The van der Waals surface area contributed by atoms with Gasteiger partial charge in [-0.2, -0.15) is 0 Å². The molecular formula is C16H30N2O3. The maximum Gasteiger partial charge on any atom is 0.325 e. The minimum absolute atomic E-state index is 0.150. The number of ether oxygens (including phenoxy) is 2. The summed E-state index contributed by atoms with van der Waals surface area (Å²) in [7, 11) is 3.26. The van der Waals surface area contributed by atoms with Gasteiger partial charge in [-0.15, -0.1) is 0 Å². The van der Waals surface area contributed by atoms with Crippen LogP contribution in [-0.4, -0.2) is 62.4 Å². The Labute approximate surface area is 128 Å². The molecule has 1 heterocycles. The van der Waals surface area contributed by atoms with Gasteiger partial charge in [0, 0.05) is 26.2 Å². The summed E-state index contributed by atoms with van der Waals surface area (Å²) >= 11 is 0. The van der Waals surface area contributed by atoms with Crippen LogP contribution in [0.3, 0.4) is 0 Å². The molecule has 21 heavy (non-hydrogen) atoms. The number of methoxy groups -OCH3 is 2. The van der Waals surface area contributed by atoms with Crippen LogP contribution in [0.15, 0.2) is 0 Å². The fraction of sp³-hybridized carbons (Fsp3) is 0.938. The minimum atomic E-state index is -0.568. The van der Waals surface area contributed by atoms with E-state index in [0.29, 0.717) is 18.1 Å². The van der Waals surface area contributed by atoms with E-state index >= 15 is 0 Å². The van der Waals surface area contributed by atoms with Crippen molar-refractivity contribution in [1.29, 1.82) is 0 Å². The number of nitrogens with one attached hydrogen (secondary N) is 1. The molecule has 1 aliphatic heterocycles. The van der Waals surface area contributed by atoms with Gasteiger partial charge in [-0.25, -0.2) is 0 Å². The summed E-state index contributed by atoms with van der Waals surface area (Å²) in [6.07, 6.45) is 4.57. The van der Waals surface area contributed by atoms with E-state index in [-0.39, 0.29) is 5.97 Å². The van der Waals surface area contributed by atoms with Crippen LogP contribution in [0.1, 0.15) is 39.5 Å². The van der Waals surface area contributed by atoms with Gasteiger partial charge in [0.2, 0.25) is 0 Å². The lowest BCUT2D eigenvalue weighted by molar-refractivity contribution is -0.148. The highest BCUT2D eigenvalue weighted by atomic mass is 16.5. The normalized spacial score (nSPS) is 29.9. The molecular weight excluding hydrogens is 268 g/mol. The second-order valence-electron chi connectivity index (χ2n) is 6.83. The Hall–Kier alpha value is -0.650. The molecule has 122 valence electrons. The van der Waals surface area contributed by atoms with Crippen LogP contribution in [-0.2, 0) is 14.3 Å². The van der Waals surface area contributed by atoms with E-state index in [1.54, 1.807) is 7.11 Å². The molecule has 0 radical (unpaired) electrons. The first-order valence-electron chi connectivity index (χ1n) is 8.10. The Morgan fingerprint density at radius 1 is 1.33 bits per heavy atom. The molecule has 1 saturated carbocycles. The molecule has 2 rings (SSSR count). The van der Waals surface area contributed by atoms with Crippen LogP contribution in [0.25, 0.3) is 0 Å². The molecule has 1 saturated heterocycles. The number of rotatable bonds is 7. The fourth-order valence-electron chi connectivity index (χ4n) is 3.13. The Bertz CT molecular complexity index is 359. The second-order valence-corrected chi connectivity index (χ2v) is 6.83. The molecule has 0 bridgehead atoms. The number of carbonyl (C=O) groups is 1. The lowest BCUT2D eigenvalue weighted by Crippen LogP contribution is -2.54. The van der Waals surface area contributed by atoms with Crippen molar-refractivity contribution in [3.63, 3.8) is 0 Å². The number of hydrogen-bond donors (Lipinski definition) is 1. The summed E-state index contributed by atoms with van der Waals surface area (Å²) in [5, 5.41) is 3.46. The van der Waals surface area contributed by atoms with Crippen LogP contribution in [0.2, 0.25) is 0 Å².